The number of rotatable bonds is 6. The van der Waals surface area contributed by atoms with Gasteiger partial charge in [0.25, 0.3) is 10.0 Å². The van der Waals surface area contributed by atoms with Crippen LogP contribution in [0.25, 0.3) is 0 Å². The molecule has 9 heteroatoms. The van der Waals surface area contributed by atoms with E-state index in [4.69, 9.17) is 0 Å². The molecule has 1 fully saturated rings. The number of fused-ring (bicyclic) bond motifs is 1. The standard InChI is InChI=1S/C22H24N4O4S/c1-14(24-20-18-10-2-3-11-19(18)31(29,30)26-20)21(27)23-13-15-6-4-9-17(12-15)25-22(28)16-7-5-8-16/h2-4,6,9-12,14,16H,5,7-8,13H2,1H3,(H,23,27)(H,24,26)(H,25,28)/t14-/m0/s1. The van der Waals surface area contributed by atoms with Crippen molar-refractivity contribution in [1.29, 1.82) is 0 Å². The number of hydrogen-bond donors (Lipinski definition) is 3. The molecule has 31 heavy (non-hydrogen) atoms. The molecular weight excluding hydrogens is 416 g/mol. The average Bonchev–Trinajstić information content (AvgIpc) is 2.95. The number of amides is 2. The monoisotopic (exact) mass is 440 g/mol. The molecule has 3 N–H and O–H groups in total. The Morgan fingerprint density at radius 2 is 1.94 bits per heavy atom. The van der Waals surface area contributed by atoms with Crippen LogP contribution in [0.2, 0.25) is 0 Å². The number of nitrogens with zero attached hydrogens (tertiary/aromatic N) is 1. The van der Waals surface area contributed by atoms with Crippen molar-refractivity contribution in [2.45, 2.75) is 43.7 Å². The lowest BCUT2D eigenvalue weighted by Gasteiger charge is -2.24. The highest BCUT2D eigenvalue weighted by Crippen LogP contribution is 2.27. The number of sulfonamides is 1. The van der Waals surface area contributed by atoms with E-state index in [1.807, 2.05) is 24.3 Å². The first kappa shape index (κ1) is 21.0. The molecule has 0 aromatic heterocycles. The van der Waals surface area contributed by atoms with Gasteiger partial charge in [0.05, 0.1) is 4.90 Å². The summed E-state index contributed by atoms with van der Waals surface area (Å²) in [6.07, 6.45) is 2.96. The average molecular weight is 441 g/mol. The van der Waals surface area contributed by atoms with E-state index in [-0.39, 0.29) is 35.0 Å². The second kappa shape index (κ2) is 8.50. The number of nitrogens with one attached hydrogen (secondary N) is 3. The molecule has 1 saturated carbocycles. The van der Waals surface area contributed by atoms with Crippen LogP contribution in [0.15, 0.2) is 58.4 Å². The van der Waals surface area contributed by atoms with Gasteiger partial charge in [-0.2, -0.15) is 0 Å². The number of benzene rings is 2. The SMILES string of the molecule is C[C@H](N=C1NS(=O)(=O)c2ccccc21)C(=O)NCc1cccc(NC(=O)C2CCC2)c1. The van der Waals surface area contributed by atoms with Gasteiger partial charge < -0.3 is 10.6 Å². The molecule has 2 amide bonds. The molecule has 0 spiro atoms. The first-order valence-electron chi connectivity index (χ1n) is 10.2. The zero-order valence-corrected chi connectivity index (χ0v) is 17.9. The summed E-state index contributed by atoms with van der Waals surface area (Å²) in [5.41, 5.74) is 2.00. The van der Waals surface area contributed by atoms with Crippen molar-refractivity contribution in [3.05, 3.63) is 59.7 Å². The molecule has 1 aliphatic carbocycles. The normalized spacial score (nSPS) is 19.1. The number of anilines is 1. The third-order valence-electron chi connectivity index (χ3n) is 5.50. The smallest absolute Gasteiger partial charge is 0.263 e. The molecular formula is C22H24N4O4S. The third kappa shape index (κ3) is 4.61. The minimum atomic E-state index is -3.65. The summed E-state index contributed by atoms with van der Waals surface area (Å²) >= 11 is 0. The molecule has 0 unspecified atom stereocenters. The molecule has 1 atom stereocenters. The van der Waals surface area contributed by atoms with Gasteiger partial charge >= 0.3 is 0 Å². The van der Waals surface area contributed by atoms with Gasteiger partial charge in [-0.15, -0.1) is 0 Å². The first-order valence-corrected chi connectivity index (χ1v) is 11.7. The zero-order chi connectivity index (χ0) is 22.0. The zero-order valence-electron chi connectivity index (χ0n) is 17.1. The van der Waals surface area contributed by atoms with E-state index in [1.165, 1.54) is 6.07 Å². The quantitative estimate of drug-likeness (QED) is 0.638. The lowest BCUT2D eigenvalue weighted by molar-refractivity contribution is -0.122. The molecule has 2 aliphatic rings. The second-order valence-electron chi connectivity index (χ2n) is 7.79. The third-order valence-corrected chi connectivity index (χ3v) is 6.90. The van der Waals surface area contributed by atoms with Crippen molar-refractivity contribution in [2.75, 3.05) is 5.32 Å². The molecule has 8 nitrogen and oxygen atoms in total. The van der Waals surface area contributed by atoms with Gasteiger partial charge in [0.1, 0.15) is 11.9 Å². The van der Waals surface area contributed by atoms with Gasteiger partial charge in [0.15, 0.2) is 0 Å². The Kier molecular flexibility index (Phi) is 5.77. The molecule has 0 bridgehead atoms. The maximum atomic E-state index is 12.5. The van der Waals surface area contributed by atoms with E-state index >= 15 is 0 Å². The number of hydrogen-bond acceptors (Lipinski definition) is 5. The number of amidine groups is 1. The molecule has 0 radical (unpaired) electrons. The van der Waals surface area contributed by atoms with E-state index in [0.717, 1.165) is 24.8 Å². The van der Waals surface area contributed by atoms with E-state index in [1.54, 1.807) is 25.1 Å². The van der Waals surface area contributed by atoms with Crippen molar-refractivity contribution in [1.82, 2.24) is 10.0 Å². The van der Waals surface area contributed by atoms with Crippen LogP contribution in [0.4, 0.5) is 5.69 Å². The molecule has 162 valence electrons. The highest BCUT2D eigenvalue weighted by molar-refractivity contribution is 7.90. The van der Waals surface area contributed by atoms with Gasteiger partial charge in [0.2, 0.25) is 11.8 Å². The number of carbonyl (C=O) groups is 2. The summed E-state index contributed by atoms with van der Waals surface area (Å²) < 4.78 is 26.8. The van der Waals surface area contributed by atoms with Crippen molar-refractivity contribution in [2.24, 2.45) is 10.9 Å². The van der Waals surface area contributed by atoms with Gasteiger partial charge in [-0.1, -0.05) is 30.7 Å². The summed E-state index contributed by atoms with van der Waals surface area (Å²) in [5, 5.41) is 5.73. The number of carbonyl (C=O) groups excluding carboxylic acids is 2. The molecule has 0 saturated heterocycles. The summed E-state index contributed by atoms with van der Waals surface area (Å²) in [7, 11) is -3.65. The van der Waals surface area contributed by atoms with E-state index < -0.39 is 16.1 Å². The van der Waals surface area contributed by atoms with Crippen LogP contribution in [0, 0.1) is 5.92 Å². The highest BCUT2D eigenvalue weighted by atomic mass is 32.2. The fraction of sp³-hybridized carbons (Fsp3) is 0.318. The maximum Gasteiger partial charge on any atom is 0.263 e. The molecule has 2 aromatic rings. The maximum absolute atomic E-state index is 12.5. The summed E-state index contributed by atoms with van der Waals surface area (Å²) in [6.45, 7) is 1.87. The minimum Gasteiger partial charge on any atom is -0.350 e. The molecule has 4 rings (SSSR count). The fourth-order valence-corrected chi connectivity index (χ4v) is 4.73. The Labute approximate surface area is 181 Å². The summed E-state index contributed by atoms with van der Waals surface area (Å²) in [5.74, 6) is -0.0309. The van der Waals surface area contributed by atoms with Crippen molar-refractivity contribution < 1.29 is 18.0 Å². The minimum absolute atomic E-state index is 0.0381. The largest absolute Gasteiger partial charge is 0.350 e. The van der Waals surface area contributed by atoms with Gasteiger partial charge in [0, 0.05) is 23.7 Å². The Bertz CT molecular complexity index is 1160. The Hall–Kier alpha value is -3.20. The van der Waals surface area contributed by atoms with Gasteiger partial charge in [-0.25, -0.2) is 8.42 Å². The van der Waals surface area contributed by atoms with Crippen molar-refractivity contribution >= 4 is 33.4 Å². The van der Waals surface area contributed by atoms with Crippen LogP contribution in [-0.2, 0) is 26.2 Å². The van der Waals surface area contributed by atoms with Crippen LogP contribution in [0.3, 0.4) is 0 Å². The fourth-order valence-electron chi connectivity index (χ4n) is 3.49. The van der Waals surface area contributed by atoms with E-state index in [0.29, 0.717) is 11.3 Å². The Morgan fingerprint density at radius 3 is 2.68 bits per heavy atom. The van der Waals surface area contributed by atoms with Gasteiger partial charge in [-0.05, 0) is 49.6 Å². The van der Waals surface area contributed by atoms with Crippen LogP contribution >= 0.6 is 0 Å². The van der Waals surface area contributed by atoms with Gasteiger partial charge in [-0.3, -0.25) is 19.3 Å². The molecule has 1 aliphatic heterocycles. The van der Waals surface area contributed by atoms with E-state index in [2.05, 4.69) is 20.3 Å². The summed E-state index contributed by atoms with van der Waals surface area (Å²) in [4.78, 5) is 29.1. The van der Waals surface area contributed by atoms with Crippen LogP contribution in [0.1, 0.15) is 37.3 Å². The topological polar surface area (TPSA) is 117 Å². The van der Waals surface area contributed by atoms with Crippen molar-refractivity contribution in [3.8, 4) is 0 Å². The highest BCUT2D eigenvalue weighted by Gasteiger charge is 2.31. The second-order valence-corrected chi connectivity index (χ2v) is 9.44. The molecule has 1 heterocycles. The predicted octanol–water partition coefficient (Wildman–Crippen LogP) is 2.17. The van der Waals surface area contributed by atoms with E-state index in [9.17, 15) is 18.0 Å². The predicted molar refractivity (Wildman–Crippen MR) is 117 cm³/mol. The number of aliphatic imine (C=N–C) groups is 1. The Morgan fingerprint density at radius 1 is 1.16 bits per heavy atom. The van der Waals surface area contributed by atoms with Crippen LogP contribution in [0.5, 0.6) is 0 Å². The van der Waals surface area contributed by atoms with Crippen molar-refractivity contribution in [3.63, 3.8) is 0 Å². The molecule has 2 aromatic carbocycles. The lowest BCUT2D eigenvalue weighted by Crippen LogP contribution is -2.33. The lowest BCUT2D eigenvalue weighted by atomic mass is 9.85. The summed E-state index contributed by atoms with van der Waals surface area (Å²) in [6, 6.07) is 13.1. The van der Waals surface area contributed by atoms with Crippen LogP contribution < -0.4 is 15.4 Å². The Balaban J connectivity index is 1.37. The van der Waals surface area contributed by atoms with Crippen LogP contribution in [-0.4, -0.2) is 32.1 Å². The first-order chi connectivity index (χ1) is 14.8.